The first-order valence-electron chi connectivity index (χ1n) is 8.09. The Kier molecular flexibility index (Phi) is 5.52. The molecular formula is C19H21O4P. The van der Waals surface area contributed by atoms with Crippen molar-refractivity contribution in [2.45, 2.75) is 19.8 Å². The molecule has 0 aromatic heterocycles. The molecule has 3 rings (SSSR count). The molecule has 0 spiro atoms. The maximum atomic E-state index is 12.8. The van der Waals surface area contributed by atoms with E-state index in [4.69, 9.17) is 13.6 Å². The van der Waals surface area contributed by atoms with Crippen molar-refractivity contribution in [3.05, 3.63) is 77.0 Å². The smallest absolute Gasteiger partial charge is 0.408 e. The zero-order valence-electron chi connectivity index (χ0n) is 13.7. The van der Waals surface area contributed by atoms with Crippen LogP contribution in [-0.2, 0) is 31.0 Å². The Labute approximate surface area is 142 Å². The summed E-state index contributed by atoms with van der Waals surface area (Å²) in [5.41, 5.74) is 3.35. The molecule has 1 atom stereocenters. The minimum absolute atomic E-state index is 0.267. The highest BCUT2D eigenvalue weighted by Gasteiger charge is 2.30. The van der Waals surface area contributed by atoms with E-state index in [2.05, 4.69) is 0 Å². The van der Waals surface area contributed by atoms with Crippen molar-refractivity contribution in [2.75, 3.05) is 13.2 Å². The molecule has 0 heterocycles. The average molecular weight is 344 g/mol. The van der Waals surface area contributed by atoms with Crippen molar-refractivity contribution < 1.29 is 18.1 Å². The summed E-state index contributed by atoms with van der Waals surface area (Å²) >= 11 is 0. The molecule has 126 valence electrons. The van der Waals surface area contributed by atoms with Gasteiger partial charge < -0.3 is 4.52 Å². The quantitative estimate of drug-likeness (QED) is 0.632. The Morgan fingerprint density at radius 2 is 1.75 bits per heavy atom. The van der Waals surface area contributed by atoms with E-state index in [1.807, 2.05) is 60.7 Å². The van der Waals surface area contributed by atoms with Crippen LogP contribution in [0.5, 0.6) is 0 Å². The summed E-state index contributed by atoms with van der Waals surface area (Å²) in [6.45, 7) is 2.32. The molecule has 0 saturated carbocycles. The van der Waals surface area contributed by atoms with Crippen LogP contribution in [0.25, 0.3) is 6.08 Å². The summed E-state index contributed by atoms with van der Waals surface area (Å²) in [4.78, 5) is 0. The third-order valence-electron chi connectivity index (χ3n) is 3.74. The lowest BCUT2D eigenvalue weighted by atomic mass is 10.1. The third kappa shape index (κ3) is 4.35. The molecule has 5 heteroatoms. The number of allylic oxidation sites excluding steroid dienone is 1. The van der Waals surface area contributed by atoms with Crippen molar-refractivity contribution in [3.63, 3.8) is 0 Å². The first-order chi connectivity index (χ1) is 11.7. The molecule has 2 aromatic rings. The standard InChI is InChI=1S/C19H21O4P/c1-2-21-24(20,22-13-12-16-8-4-3-5-9-16)23-19-14-17-10-6-7-11-18(17)15-19/h3-11,14H,2,12-13,15H2,1H3. The van der Waals surface area contributed by atoms with Gasteiger partial charge in [-0.1, -0.05) is 54.6 Å². The lowest BCUT2D eigenvalue weighted by Gasteiger charge is -2.18. The number of rotatable bonds is 8. The molecule has 2 aromatic carbocycles. The van der Waals surface area contributed by atoms with E-state index in [1.165, 1.54) is 0 Å². The number of hydrogen-bond acceptors (Lipinski definition) is 4. The number of phosphoric ester groups is 1. The van der Waals surface area contributed by atoms with Gasteiger partial charge in [0, 0.05) is 6.42 Å². The average Bonchev–Trinajstić information content (AvgIpc) is 2.97. The Bertz CT molecular complexity index is 755. The molecule has 0 aliphatic heterocycles. The normalized spacial score (nSPS) is 15.5. The van der Waals surface area contributed by atoms with Gasteiger partial charge in [0.2, 0.25) is 0 Å². The molecule has 1 unspecified atom stereocenters. The van der Waals surface area contributed by atoms with E-state index >= 15 is 0 Å². The highest BCUT2D eigenvalue weighted by Crippen LogP contribution is 2.52. The van der Waals surface area contributed by atoms with Crippen molar-refractivity contribution >= 4 is 13.9 Å². The molecule has 1 aliphatic rings. The summed E-state index contributed by atoms with van der Waals surface area (Å²) in [5, 5.41) is 0. The van der Waals surface area contributed by atoms with Gasteiger partial charge in [-0.15, -0.1) is 0 Å². The summed E-state index contributed by atoms with van der Waals surface area (Å²) in [6, 6.07) is 17.9. The second kappa shape index (κ2) is 7.80. The van der Waals surface area contributed by atoms with Crippen molar-refractivity contribution in [2.24, 2.45) is 0 Å². The summed E-state index contributed by atoms with van der Waals surface area (Å²) in [7, 11) is -3.60. The molecule has 4 nitrogen and oxygen atoms in total. The largest absolute Gasteiger partial charge is 0.529 e. The molecule has 0 radical (unpaired) electrons. The number of phosphoric acid groups is 1. The molecule has 0 bridgehead atoms. The SMILES string of the molecule is CCOP(=O)(OCCc1ccccc1)OC1=Cc2ccccc2C1. The van der Waals surface area contributed by atoms with Crippen LogP contribution in [0.2, 0.25) is 0 Å². The Morgan fingerprint density at radius 3 is 2.50 bits per heavy atom. The van der Waals surface area contributed by atoms with Gasteiger partial charge >= 0.3 is 7.82 Å². The maximum absolute atomic E-state index is 12.8. The van der Waals surface area contributed by atoms with Crippen LogP contribution in [0.3, 0.4) is 0 Å². The Hall–Kier alpha value is -1.87. The number of hydrogen-bond donors (Lipinski definition) is 0. The van der Waals surface area contributed by atoms with E-state index in [1.54, 1.807) is 6.92 Å². The van der Waals surface area contributed by atoms with Crippen LogP contribution in [0, 0.1) is 0 Å². The second-order valence-corrected chi connectivity index (χ2v) is 7.10. The summed E-state index contributed by atoms with van der Waals surface area (Å²) < 4.78 is 29.2. The molecule has 1 aliphatic carbocycles. The van der Waals surface area contributed by atoms with Crippen LogP contribution in [0.15, 0.2) is 60.4 Å². The van der Waals surface area contributed by atoms with E-state index in [0.717, 1.165) is 16.7 Å². The highest BCUT2D eigenvalue weighted by molar-refractivity contribution is 7.48. The molecule has 0 saturated heterocycles. The highest BCUT2D eigenvalue weighted by atomic mass is 31.2. The van der Waals surface area contributed by atoms with Gasteiger partial charge in [0.15, 0.2) is 0 Å². The Morgan fingerprint density at radius 1 is 1.00 bits per heavy atom. The first kappa shape index (κ1) is 17.0. The Balaban J connectivity index is 1.60. The van der Waals surface area contributed by atoms with Gasteiger partial charge in [-0.05, 0) is 36.1 Å². The fourth-order valence-corrected chi connectivity index (χ4v) is 3.83. The van der Waals surface area contributed by atoms with Gasteiger partial charge in [-0.2, -0.15) is 0 Å². The summed E-state index contributed by atoms with van der Waals surface area (Å²) in [5.74, 6) is 0.618. The first-order valence-corrected chi connectivity index (χ1v) is 9.56. The number of benzene rings is 2. The zero-order chi connectivity index (χ0) is 16.8. The van der Waals surface area contributed by atoms with Gasteiger partial charge in [0.1, 0.15) is 5.76 Å². The topological polar surface area (TPSA) is 44.8 Å². The van der Waals surface area contributed by atoms with Gasteiger partial charge in [-0.25, -0.2) is 4.57 Å². The predicted octanol–water partition coefficient (Wildman–Crippen LogP) is 5.00. The second-order valence-electron chi connectivity index (χ2n) is 5.51. The van der Waals surface area contributed by atoms with Crippen molar-refractivity contribution in [1.82, 2.24) is 0 Å². The maximum Gasteiger partial charge on any atom is 0.529 e. The molecular weight excluding hydrogens is 323 g/mol. The van der Waals surface area contributed by atoms with Gasteiger partial charge in [0.25, 0.3) is 0 Å². The fraction of sp³-hybridized carbons (Fsp3) is 0.263. The van der Waals surface area contributed by atoms with Crippen LogP contribution in [-0.4, -0.2) is 13.2 Å². The van der Waals surface area contributed by atoms with E-state index in [-0.39, 0.29) is 13.2 Å². The van der Waals surface area contributed by atoms with Crippen LogP contribution in [0.4, 0.5) is 0 Å². The lowest BCUT2D eigenvalue weighted by molar-refractivity contribution is 0.141. The van der Waals surface area contributed by atoms with Crippen LogP contribution < -0.4 is 0 Å². The molecule has 0 amide bonds. The zero-order valence-corrected chi connectivity index (χ0v) is 14.6. The van der Waals surface area contributed by atoms with Gasteiger partial charge in [0.05, 0.1) is 13.2 Å². The number of fused-ring (bicyclic) bond motifs is 1. The van der Waals surface area contributed by atoms with Crippen molar-refractivity contribution in [1.29, 1.82) is 0 Å². The third-order valence-corrected chi connectivity index (χ3v) is 5.27. The van der Waals surface area contributed by atoms with Crippen molar-refractivity contribution in [3.8, 4) is 0 Å². The predicted molar refractivity (Wildman–Crippen MR) is 94.5 cm³/mol. The minimum Gasteiger partial charge on any atom is -0.408 e. The molecule has 0 fully saturated rings. The minimum atomic E-state index is -3.60. The summed E-state index contributed by atoms with van der Waals surface area (Å²) in [6.07, 6.45) is 3.15. The fourth-order valence-electron chi connectivity index (χ4n) is 2.62. The van der Waals surface area contributed by atoms with Crippen LogP contribution in [0.1, 0.15) is 23.6 Å². The van der Waals surface area contributed by atoms with Crippen LogP contribution >= 0.6 is 7.82 Å². The lowest BCUT2D eigenvalue weighted by Crippen LogP contribution is -2.03. The van der Waals surface area contributed by atoms with E-state index < -0.39 is 7.82 Å². The molecule has 0 N–H and O–H groups in total. The van der Waals surface area contributed by atoms with Gasteiger partial charge in [-0.3, -0.25) is 9.05 Å². The van der Waals surface area contributed by atoms with E-state index in [9.17, 15) is 4.57 Å². The monoisotopic (exact) mass is 344 g/mol. The molecule has 24 heavy (non-hydrogen) atoms. The van der Waals surface area contributed by atoms with E-state index in [0.29, 0.717) is 18.6 Å².